The summed E-state index contributed by atoms with van der Waals surface area (Å²) in [5.41, 5.74) is 0.589. The van der Waals surface area contributed by atoms with Crippen molar-refractivity contribution >= 4 is 50.9 Å². The Kier molecular flexibility index (Phi) is 7.41. The summed E-state index contributed by atoms with van der Waals surface area (Å²) in [6.07, 6.45) is 3.59. The summed E-state index contributed by atoms with van der Waals surface area (Å²) in [4.78, 5) is 25.3. The number of amides is 1. The van der Waals surface area contributed by atoms with E-state index < -0.39 is 28.5 Å². The molecule has 0 spiro atoms. The van der Waals surface area contributed by atoms with E-state index >= 15 is 0 Å². The second kappa shape index (κ2) is 9.82. The lowest BCUT2D eigenvalue weighted by Crippen LogP contribution is -2.27. The second-order valence-electron chi connectivity index (χ2n) is 6.61. The van der Waals surface area contributed by atoms with Gasteiger partial charge in [0, 0.05) is 23.7 Å². The molecule has 0 bridgehead atoms. The van der Waals surface area contributed by atoms with Gasteiger partial charge in [-0.25, -0.2) is 13.2 Å². The van der Waals surface area contributed by atoms with Gasteiger partial charge in [0.15, 0.2) is 6.61 Å². The SMILES string of the molecule is CSc1ccc(Cl)c(C(=O)OCC(=O)Nc2ccc(S(=O)(=O)N3CCCC3)cc2)c1. The fourth-order valence-corrected chi connectivity index (χ4v) is 5.13. The largest absolute Gasteiger partial charge is 0.452 e. The lowest BCUT2D eigenvalue weighted by atomic mass is 10.2. The zero-order valence-electron chi connectivity index (χ0n) is 16.3. The number of esters is 1. The number of carbonyl (C=O) groups excluding carboxylic acids is 2. The molecule has 0 atom stereocenters. The van der Waals surface area contributed by atoms with Gasteiger partial charge >= 0.3 is 5.97 Å². The molecule has 0 saturated carbocycles. The zero-order chi connectivity index (χ0) is 21.7. The Hall–Kier alpha value is -2.07. The van der Waals surface area contributed by atoms with Crippen molar-refractivity contribution in [3.8, 4) is 0 Å². The normalized spacial score (nSPS) is 14.5. The first-order valence-corrected chi connectivity index (χ1v) is 12.3. The van der Waals surface area contributed by atoms with Gasteiger partial charge in [0.05, 0.1) is 15.5 Å². The van der Waals surface area contributed by atoms with Gasteiger partial charge in [-0.1, -0.05) is 11.6 Å². The van der Waals surface area contributed by atoms with Crippen LogP contribution in [0.5, 0.6) is 0 Å². The first-order chi connectivity index (χ1) is 14.3. The molecule has 1 aliphatic heterocycles. The van der Waals surface area contributed by atoms with E-state index in [4.69, 9.17) is 16.3 Å². The number of benzene rings is 2. The Bertz CT molecular complexity index is 1040. The number of ether oxygens (including phenoxy) is 1. The van der Waals surface area contributed by atoms with Crippen molar-refractivity contribution in [2.45, 2.75) is 22.6 Å². The summed E-state index contributed by atoms with van der Waals surface area (Å²) >= 11 is 7.48. The minimum atomic E-state index is -3.51. The molecule has 30 heavy (non-hydrogen) atoms. The monoisotopic (exact) mass is 468 g/mol. The lowest BCUT2D eigenvalue weighted by molar-refractivity contribution is -0.119. The number of halogens is 1. The number of hydrogen-bond donors (Lipinski definition) is 1. The van der Waals surface area contributed by atoms with Crippen LogP contribution in [-0.4, -0.2) is 50.6 Å². The van der Waals surface area contributed by atoms with Crippen LogP contribution in [-0.2, 0) is 19.6 Å². The van der Waals surface area contributed by atoms with Crippen LogP contribution < -0.4 is 5.32 Å². The molecular weight excluding hydrogens is 448 g/mol. The maximum Gasteiger partial charge on any atom is 0.340 e. The van der Waals surface area contributed by atoms with Gasteiger partial charge in [-0.2, -0.15) is 4.31 Å². The summed E-state index contributed by atoms with van der Waals surface area (Å²) < 4.78 is 31.5. The number of nitrogens with zero attached hydrogens (tertiary/aromatic N) is 1. The first kappa shape index (κ1) is 22.6. The molecule has 7 nitrogen and oxygen atoms in total. The molecule has 2 aromatic rings. The Balaban J connectivity index is 1.57. The number of thioether (sulfide) groups is 1. The standard InChI is InChI=1S/C20H21ClN2O5S2/c1-29-15-6-9-18(21)17(12-15)20(25)28-13-19(24)22-14-4-7-16(8-5-14)30(26,27)23-10-2-3-11-23/h4-9,12H,2-3,10-11,13H2,1H3,(H,22,24). The van der Waals surface area contributed by atoms with Gasteiger partial charge in [-0.15, -0.1) is 11.8 Å². The maximum absolute atomic E-state index is 12.5. The van der Waals surface area contributed by atoms with Crippen molar-refractivity contribution in [3.05, 3.63) is 53.1 Å². The topological polar surface area (TPSA) is 92.8 Å². The van der Waals surface area contributed by atoms with E-state index in [9.17, 15) is 18.0 Å². The molecule has 10 heteroatoms. The second-order valence-corrected chi connectivity index (χ2v) is 9.83. The predicted octanol–water partition coefficient (Wildman–Crippen LogP) is 3.64. The van der Waals surface area contributed by atoms with E-state index in [0.29, 0.717) is 18.8 Å². The van der Waals surface area contributed by atoms with Crippen LogP contribution in [0.3, 0.4) is 0 Å². The van der Waals surface area contributed by atoms with Crippen LogP contribution in [0.15, 0.2) is 52.3 Å². The fraction of sp³-hybridized carbons (Fsp3) is 0.300. The third-order valence-electron chi connectivity index (χ3n) is 4.57. The molecule has 1 aliphatic rings. The third-order valence-corrected chi connectivity index (χ3v) is 7.54. The quantitative estimate of drug-likeness (QED) is 0.492. The number of carbonyl (C=O) groups is 2. The molecule has 1 fully saturated rings. The van der Waals surface area contributed by atoms with Crippen molar-refractivity contribution in [2.75, 3.05) is 31.3 Å². The average Bonchev–Trinajstić information content (AvgIpc) is 3.29. The van der Waals surface area contributed by atoms with Gasteiger partial charge < -0.3 is 10.1 Å². The number of anilines is 1. The highest BCUT2D eigenvalue weighted by molar-refractivity contribution is 7.98. The van der Waals surface area contributed by atoms with E-state index in [0.717, 1.165) is 17.7 Å². The van der Waals surface area contributed by atoms with Crippen molar-refractivity contribution in [1.82, 2.24) is 4.31 Å². The van der Waals surface area contributed by atoms with Crippen LogP contribution >= 0.6 is 23.4 Å². The summed E-state index contributed by atoms with van der Waals surface area (Å²) in [5, 5.41) is 2.82. The molecule has 1 saturated heterocycles. The summed E-state index contributed by atoms with van der Waals surface area (Å²) in [5.74, 6) is -1.24. The number of sulfonamides is 1. The van der Waals surface area contributed by atoms with Gasteiger partial charge in [0.2, 0.25) is 10.0 Å². The van der Waals surface area contributed by atoms with E-state index in [1.54, 1.807) is 18.2 Å². The molecule has 0 unspecified atom stereocenters. The number of rotatable bonds is 7. The molecule has 0 aromatic heterocycles. The average molecular weight is 469 g/mol. The Morgan fingerprint density at radius 1 is 1.13 bits per heavy atom. The predicted molar refractivity (Wildman–Crippen MR) is 117 cm³/mol. The number of nitrogens with one attached hydrogen (secondary N) is 1. The molecule has 2 aromatic carbocycles. The molecule has 160 valence electrons. The Morgan fingerprint density at radius 3 is 2.43 bits per heavy atom. The van der Waals surface area contributed by atoms with Gasteiger partial charge in [-0.05, 0) is 61.6 Å². The number of hydrogen-bond acceptors (Lipinski definition) is 6. The Morgan fingerprint density at radius 2 is 1.80 bits per heavy atom. The molecule has 3 rings (SSSR count). The summed E-state index contributed by atoms with van der Waals surface area (Å²) in [7, 11) is -3.51. The molecule has 1 N–H and O–H groups in total. The lowest BCUT2D eigenvalue weighted by Gasteiger charge is -2.15. The van der Waals surface area contributed by atoms with Gasteiger partial charge in [-0.3, -0.25) is 4.79 Å². The molecule has 0 radical (unpaired) electrons. The maximum atomic E-state index is 12.5. The van der Waals surface area contributed by atoms with Crippen LogP contribution in [0.2, 0.25) is 5.02 Å². The highest BCUT2D eigenvalue weighted by Gasteiger charge is 2.27. The van der Waals surface area contributed by atoms with Crippen LogP contribution in [0.25, 0.3) is 0 Å². The highest BCUT2D eigenvalue weighted by Crippen LogP contribution is 2.24. The van der Waals surface area contributed by atoms with Crippen molar-refractivity contribution in [2.24, 2.45) is 0 Å². The molecule has 0 aliphatic carbocycles. The Labute approximate surface area is 184 Å². The van der Waals surface area contributed by atoms with E-state index in [2.05, 4.69) is 5.32 Å². The van der Waals surface area contributed by atoms with Crippen LogP contribution in [0.4, 0.5) is 5.69 Å². The van der Waals surface area contributed by atoms with Crippen LogP contribution in [0, 0.1) is 0 Å². The van der Waals surface area contributed by atoms with Gasteiger partial charge in [0.25, 0.3) is 5.91 Å². The summed E-state index contributed by atoms with van der Waals surface area (Å²) in [6, 6.07) is 10.9. The van der Waals surface area contributed by atoms with Crippen LogP contribution in [0.1, 0.15) is 23.2 Å². The van der Waals surface area contributed by atoms with E-state index in [-0.39, 0.29) is 15.5 Å². The minimum Gasteiger partial charge on any atom is -0.452 e. The highest BCUT2D eigenvalue weighted by atomic mass is 35.5. The van der Waals surface area contributed by atoms with Gasteiger partial charge in [0.1, 0.15) is 0 Å². The van der Waals surface area contributed by atoms with E-state index in [1.165, 1.54) is 40.3 Å². The summed E-state index contributed by atoms with van der Waals surface area (Å²) in [6.45, 7) is 0.554. The minimum absolute atomic E-state index is 0.178. The van der Waals surface area contributed by atoms with Crippen molar-refractivity contribution < 1.29 is 22.7 Å². The zero-order valence-corrected chi connectivity index (χ0v) is 18.6. The third kappa shape index (κ3) is 5.34. The molecular formula is C20H21ClN2O5S2. The smallest absolute Gasteiger partial charge is 0.340 e. The van der Waals surface area contributed by atoms with Crippen molar-refractivity contribution in [3.63, 3.8) is 0 Å². The fourth-order valence-electron chi connectivity index (χ4n) is 2.98. The first-order valence-electron chi connectivity index (χ1n) is 9.22. The van der Waals surface area contributed by atoms with Crippen molar-refractivity contribution in [1.29, 1.82) is 0 Å². The molecule has 1 amide bonds. The molecule has 1 heterocycles. The van der Waals surface area contributed by atoms with E-state index in [1.807, 2.05) is 6.26 Å².